The molecule has 1 saturated heterocycles. The maximum Gasteiger partial charge on any atom is 0.251 e. The molecule has 5 rings (SSSR count). The Morgan fingerprint density at radius 3 is 2.41 bits per heavy atom. The molecule has 2 heterocycles. The van der Waals surface area contributed by atoms with Crippen LogP contribution in [0.1, 0.15) is 89.0 Å². The topological polar surface area (TPSA) is 65.2 Å². The Bertz CT molecular complexity index is 1030. The summed E-state index contributed by atoms with van der Waals surface area (Å²) in [7, 11) is 0. The molecule has 1 aromatic carbocycles. The first kappa shape index (κ1) is 23.6. The third kappa shape index (κ3) is 4.95. The van der Waals surface area contributed by atoms with Gasteiger partial charge in [0, 0.05) is 22.5 Å². The fraction of sp³-hybridized carbons (Fsp3) is 0.655. The van der Waals surface area contributed by atoms with Crippen LogP contribution in [-0.2, 0) is 11.2 Å². The molecule has 2 saturated carbocycles. The van der Waals surface area contributed by atoms with E-state index < -0.39 is 0 Å². The lowest BCUT2D eigenvalue weighted by Gasteiger charge is -2.53. The summed E-state index contributed by atoms with van der Waals surface area (Å²) < 4.78 is 0. The van der Waals surface area contributed by atoms with Gasteiger partial charge in [-0.3, -0.25) is 14.5 Å². The number of nitrogens with zero attached hydrogens (tertiary/aromatic N) is 1. The molecule has 34 heavy (non-hydrogen) atoms. The van der Waals surface area contributed by atoms with Crippen LogP contribution in [0.15, 0.2) is 35.1 Å². The number of hydrogen-bond acceptors (Lipinski definition) is 3. The molecule has 3 aliphatic rings. The van der Waals surface area contributed by atoms with Crippen LogP contribution in [0.25, 0.3) is 10.9 Å². The number of hydrogen-bond donors (Lipinski definition) is 2. The molecular formula is C29H41N3O2. The van der Waals surface area contributed by atoms with Crippen LogP contribution in [0.5, 0.6) is 0 Å². The van der Waals surface area contributed by atoms with Gasteiger partial charge in [-0.05, 0) is 75.6 Å². The van der Waals surface area contributed by atoms with Crippen molar-refractivity contribution < 1.29 is 4.79 Å². The summed E-state index contributed by atoms with van der Waals surface area (Å²) in [5.74, 6) is 0.358. The van der Waals surface area contributed by atoms with Crippen LogP contribution in [0, 0.1) is 5.92 Å². The third-order valence-electron chi connectivity index (χ3n) is 8.90. The van der Waals surface area contributed by atoms with E-state index in [2.05, 4.69) is 27.3 Å². The number of aromatic amines is 1. The Morgan fingerprint density at radius 2 is 1.65 bits per heavy atom. The number of piperidine rings is 1. The van der Waals surface area contributed by atoms with E-state index in [1.165, 1.54) is 44.9 Å². The van der Waals surface area contributed by atoms with Crippen molar-refractivity contribution in [2.75, 3.05) is 13.1 Å². The SMILES string of the molecule is O=C(NC(Cc1cc2ccccc2[nH]c1=O)C1(N2CCCCC2)CCCCC1)C1CCCCC1. The van der Waals surface area contributed by atoms with E-state index in [9.17, 15) is 9.59 Å². The van der Waals surface area contributed by atoms with E-state index in [4.69, 9.17) is 0 Å². The molecular weight excluding hydrogens is 422 g/mol. The van der Waals surface area contributed by atoms with Gasteiger partial charge in [0.25, 0.3) is 5.56 Å². The van der Waals surface area contributed by atoms with Gasteiger partial charge >= 0.3 is 0 Å². The number of benzene rings is 1. The van der Waals surface area contributed by atoms with Crippen molar-refractivity contribution in [2.24, 2.45) is 5.92 Å². The highest BCUT2D eigenvalue weighted by molar-refractivity contribution is 5.80. The van der Waals surface area contributed by atoms with E-state index in [1.54, 1.807) is 0 Å². The second-order valence-corrected chi connectivity index (χ2v) is 11.0. The molecule has 0 radical (unpaired) electrons. The first-order valence-electron chi connectivity index (χ1n) is 13.8. The molecule has 5 nitrogen and oxygen atoms in total. The van der Waals surface area contributed by atoms with Crippen molar-refractivity contribution >= 4 is 16.8 Å². The number of para-hydroxylation sites is 1. The minimum Gasteiger partial charge on any atom is -0.351 e. The third-order valence-corrected chi connectivity index (χ3v) is 8.90. The number of rotatable bonds is 6. The number of carbonyl (C=O) groups excluding carboxylic acids is 1. The summed E-state index contributed by atoms with van der Waals surface area (Å²) in [4.78, 5) is 32.5. The maximum atomic E-state index is 13.5. The summed E-state index contributed by atoms with van der Waals surface area (Å²) in [6, 6.07) is 10.0. The molecule has 2 aliphatic carbocycles. The van der Waals surface area contributed by atoms with Crippen molar-refractivity contribution in [1.29, 1.82) is 0 Å². The first-order valence-corrected chi connectivity index (χ1v) is 13.8. The van der Waals surface area contributed by atoms with E-state index in [1.807, 2.05) is 18.2 Å². The molecule has 2 N–H and O–H groups in total. The second kappa shape index (κ2) is 10.6. The largest absolute Gasteiger partial charge is 0.351 e. The monoisotopic (exact) mass is 463 g/mol. The van der Waals surface area contributed by atoms with E-state index in [0.717, 1.165) is 68.1 Å². The Morgan fingerprint density at radius 1 is 0.971 bits per heavy atom. The highest BCUT2D eigenvalue weighted by Gasteiger charge is 2.46. The quantitative estimate of drug-likeness (QED) is 0.609. The van der Waals surface area contributed by atoms with Gasteiger partial charge in [-0.15, -0.1) is 0 Å². The molecule has 1 atom stereocenters. The summed E-state index contributed by atoms with van der Waals surface area (Å²) in [5, 5.41) is 4.65. The standard InChI is InChI=1S/C29H41N3O2/c33-27(22-12-4-1-5-13-22)31-26(21-24-20-23-14-6-7-15-25(23)30-28(24)34)29(16-8-2-9-17-29)32-18-10-3-11-19-32/h6-7,14-15,20,22,26H,1-5,8-13,16-19,21H2,(H,30,34)(H,31,33). The van der Waals surface area contributed by atoms with Crippen molar-refractivity contribution in [3.63, 3.8) is 0 Å². The number of nitrogens with one attached hydrogen (secondary N) is 2. The second-order valence-electron chi connectivity index (χ2n) is 11.0. The van der Waals surface area contributed by atoms with Crippen LogP contribution >= 0.6 is 0 Å². The van der Waals surface area contributed by atoms with Gasteiger partial charge in [0.15, 0.2) is 0 Å². The average Bonchev–Trinajstić information content (AvgIpc) is 2.90. The Hall–Kier alpha value is -2.14. The van der Waals surface area contributed by atoms with Crippen molar-refractivity contribution in [1.82, 2.24) is 15.2 Å². The predicted molar refractivity (Wildman–Crippen MR) is 138 cm³/mol. The van der Waals surface area contributed by atoms with E-state index >= 15 is 0 Å². The van der Waals surface area contributed by atoms with Crippen LogP contribution in [-0.4, -0.2) is 40.5 Å². The lowest BCUT2D eigenvalue weighted by atomic mass is 9.72. The zero-order valence-corrected chi connectivity index (χ0v) is 20.6. The van der Waals surface area contributed by atoms with Crippen molar-refractivity contribution in [3.05, 3.63) is 46.2 Å². The first-order chi connectivity index (χ1) is 16.7. The molecule has 0 spiro atoms. The molecule has 5 heteroatoms. The number of pyridine rings is 1. The zero-order valence-electron chi connectivity index (χ0n) is 20.6. The van der Waals surface area contributed by atoms with Gasteiger partial charge in [-0.1, -0.05) is 63.1 Å². The highest BCUT2D eigenvalue weighted by atomic mass is 16.2. The molecule has 1 unspecified atom stereocenters. The van der Waals surface area contributed by atoms with Crippen LogP contribution < -0.4 is 10.9 Å². The van der Waals surface area contributed by atoms with E-state index in [0.29, 0.717) is 6.42 Å². The normalized spacial score (nSPS) is 22.9. The van der Waals surface area contributed by atoms with E-state index in [-0.39, 0.29) is 29.0 Å². The summed E-state index contributed by atoms with van der Waals surface area (Å²) in [5.41, 5.74) is 1.62. The molecule has 0 bridgehead atoms. The van der Waals surface area contributed by atoms with Crippen molar-refractivity contribution in [2.45, 2.75) is 101 Å². The highest BCUT2D eigenvalue weighted by Crippen LogP contribution is 2.39. The molecule has 1 amide bonds. The summed E-state index contributed by atoms with van der Waals surface area (Å²) in [6.07, 6.45) is 15.9. The fourth-order valence-corrected chi connectivity index (χ4v) is 6.98. The number of amides is 1. The molecule has 1 aliphatic heterocycles. The van der Waals surface area contributed by atoms with Crippen LogP contribution in [0.3, 0.4) is 0 Å². The van der Waals surface area contributed by atoms with Gasteiger partial charge in [0.2, 0.25) is 5.91 Å². The van der Waals surface area contributed by atoms with Gasteiger partial charge < -0.3 is 10.3 Å². The minimum atomic E-state index is -0.0406. The predicted octanol–water partition coefficient (Wildman–Crippen LogP) is 5.32. The molecule has 3 fully saturated rings. The lowest BCUT2D eigenvalue weighted by Crippen LogP contribution is -2.65. The minimum absolute atomic E-state index is 0.0137. The smallest absolute Gasteiger partial charge is 0.251 e. The van der Waals surface area contributed by atoms with Crippen LogP contribution in [0.2, 0.25) is 0 Å². The lowest BCUT2D eigenvalue weighted by molar-refractivity contribution is -0.128. The Balaban J connectivity index is 1.50. The number of aromatic nitrogens is 1. The number of fused-ring (bicyclic) bond motifs is 1. The van der Waals surface area contributed by atoms with Gasteiger partial charge in [-0.25, -0.2) is 0 Å². The fourth-order valence-electron chi connectivity index (χ4n) is 6.98. The van der Waals surface area contributed by atoms with Crippen LogP contribution in [0.4, 0.5) is 0 Å². The molecule has 2 aromatic rings. The molecule has 1 aromatic heterocycles. The van der Waals surface area contributed by atoms with Gasteiger partial charge in [0.1, 0.15) is 0 Å². The number of likely N-dealkylation sites (tertiary alicyclic amines) is 1. The van der Waals surface area contributed by atoms with Gasteiger partial charge in [-0.2, -0.15) is 0 Å². The zero-order chi connectivity index (χ0) is 23.4. The Kier molecular flexibility index (Phi) is 7.38. The Labute approximate surface area is 203 Å². The molecule has 184 valence electrons. The number of carbonyl (C=O) groups is 1. The number of H-pyrrole nitrogens is 1. The summed E-state index contributed by atoms with van der Waals surface area (Å²) in [6.45, 7) is 2.23. The summed E-state index contributed by atoms with van der Waals surface area (Å²) >= 11 is 0. The van der Waals surface area contributed by atoms with Gasteiger partial charge in [0.05, 0.1) is 6.04 Å². The maximum absolute atomic E-state index is 13.5. The average molecular weight is 464 g/mol. The van der Waals surface area contributed by atoms with Crippen molar-refractivity contribution in [3.8, 4) is 0 Å².